The van der Waals surface area contributed by atoms with Gasteiger partial charge in [-0.05, 0) is 5.56 Å². The number of hydrogen-bond acceptors (Lipinski definition) is 1. The smallest absolute Gasteiger partial charge is 0.376 e. The summed E-state index contributed by atoms with van der Waals surface area (Å²) in [6.07, 6.45) is -4.31. The number of rotatable bonds is 4. The summed E-state index contributed by atoms with van der Waals surface area (Å²) in [4.78, 5) is 0. The Kier molecular flexibility index (Phi) is 4.87. The SMILES string of the molecule is FC(F)(F)C#CCCOCc1ccccc1. The van der Waals surface area contributed by atoms with E-state index < -0.39 is 6.18 Å². The molecule has 0 heterocycles. The summed E-state index contributed by atoms with van der Waals surface area (Å²) in [6.45, 7) is 0.604. The summed E-state index contributed by atoms with van der Waals surface area (Å²) in [5, 5.41) is 0. The zero-order chi connectivity index (χ0) is 11.9. The molecule has 0 aliphatic heterocycles. The third-order valence-electron chi connectivity index (χ3n) is 1.71. The lowest BCUT2D eigenvalue weighted by Crippen LogP contribution is -2.02. The monoisotopic (exact) mass is 228 g/mol. The topological polar surface area (TPSA) is 9.23 Å². The maximum atomic E-state index is 11.6. The molecule has 16 heavy (non-hydrogen) atoms. The fourth-order valence-electron chi connectivity index (χ4n) is 1.05. The Labute approximate surface area is 92.2 Å². The molecule has 0 aromatic heterocycles. The molecule has 86 valence electrons. The number of benzene rings is 1. The van der Waals surface area contributed by atoms with Crippen LogP contribution in [0.5, 0.6) is 0 Å². The van der Waals surface area contributed by atoms with Gasteiger partial charge in [-0.25, -0.2) is 0 Å². The highest BCUT2D eigenvalue weighted by Crippen LogP contribution is 2.11. The Morgan fingerprint density at radius 3 is 2.44 bits per heavy atom. The second-order valence-corrected chi connectivity index (χ2v) is 3.09. The second-order valence-electron chi connectivity index (χ2n) is 3.09. The van der Waals surface area contributed by atoms with Crippen molar-refractivity contribution in [3.8, 4) is 11.8 Å². The van der Waals surface area contributed by atoms with Crippen molar-refractivity contribution >= 4 is 0 Å². The second kappa shape index (κ2) is 6.19. The molecule has 4 heteroatoms. The molecule has 0 spiro atoms. The van der Waals surface area contributed by atoms with E-state index in [0.29, 0.717) is 6.61 Å². The molecule has 0 unspecified atom stereocenters. The minimum absolute atomic E-state index is 0.0896. The van der Waals surface area contributed by atoms with Gasteiger partial charge in [-0.1, -0.05) is 36.3 Å². The lowest BCUT2D eigenvalue weighted by molar-refractivity contribution is -0.0697. The molecular weight excluding hydrogens is 217 g/mol. The van der Waals surface area contributed by atoms with Crippen molar-refractivity contribution in [3.05, 3.63) is 35.9 Å². The van der Waals surface area contributed by atoms with Crippen LogP contribution in [0, 0.1) is 11.8 Å². The lowest BCUT2D eigenvalue weighted by atomic mass is 10.2. The van der Waals surface area contributed by atoms with E-state index in [1.807, 2.05) is 36.3 Å². The van der Waals surface area contributed by atoms with Gasteiger partial charge in [-0.2, -0.15) is 13.2 Å². The zero-order valence-corrected chi connectivity index (χ0v) is 8.55. The van der Waals surface area contributed by atoms with Gasteiger partial charge in [-0.15, -0.1) is 0 Å². The van der Waals surface area contributed by atoms with Crippen molar-refractivity contribution in [1.29, 1.82) is 0 Å². The number of halogens is 3. The van der Waals surface area contributed by atoms with Crippen LogP contribution in [0.1, 0.15) is 12.0 Å². The van der Waals surface area contributed by atoms with Gasteiger partial charge in [-0.3, -0.25) is 0 Å². The summed E-state index contributed by atoms with van der Waals surface area (Å²) in [5.41, 5.74) is 0.992. The molecule has 0 atom stereocenters. The first-order chi connectivity index (χ1) is 7.58. The maximum Gasteiger partial charge on any atom is 0.457 e. The largest absolute Gasteiger partial charge is 0.457 e. The van der Waals surface area contributed by atoms with Crippen molar-refractivity contribution in [2.75, 3.05) is 6.61 Å². The van der Waals surface area contributed by atoms with Gasteiger partial charge in [0, 0.05) is 12.3 Å². The van der Waals surface area contributed by atoms with Crippen molar-refractivity contribution in [2.24, 2.45) is 0 Å². The molecule has 0 N–H and O–H groups in total. The molecule has 0 aliphatic carbocycles. The van der Waals surface area contributed by atoms with Crippen LogP contribution in [0.2, 0.25) is 0 Å². The van der Waals surface area contributed by atoms with E-state index in [2.05, 4.69) is 0 Å². The standard InChI is InChI=1S/C12H11F3O/c13-12(14,15)8-4-5-9-16-10-11-6-2-1-3-7-11/h1-3,6-7H,5,9-10H2. The molecule has 0 bridgehead atoms. The number of alkyl halides is 3. The summed E-state index contributed by atoms with van der Waals surface area (Å²) >= 11 is 0. The van der Waals surface area contributed by atoms with E-state index in [-0.39, 0.29) is 13.0 Å². The Balaban J connectivity index is 2.15. The van der Waals surface area contributed by atoms with Crippen LogP contribution in [0.4, 0.5) is 13.2 Å². The predicted octanol–water partition coefficient (Wildman–Crippen LogP) is 3.16. The summed E-state index contributed by atoms with van der Waals surface area (Å²) in [5.74, 6) is 3.20. The molecule has 0 radical (unpaired) electrons. The summed E-state index contributed by atoms with van der Waals surface area (Å²) in [6, 6.07) is 9.42. The average molecular weight is 228 g/mol. The number of hydrogen-bond donors (Lipinski definition) is 0. The van der Waals surface area contributed by atoms with Gasteiger partial charge < -0.3 is 4.74 Å². The van der Waals surface area contributed by atoms with Crippen LogP contribution in [0.15, 0.2) is 30.3 Å². The third kappa shape index (κ3) is 6.10. The van der Waals surface area contributed by atoms with Gasteiger partial charge in [0.05, 0.1) is 13.2 Å². The third-order valence-corrected chi connectivity index (χ3v) is 1.71. The first kappa shape index (κ1) is 12.6. The molecule has 0 fully saturated rings. The molecule has 0 amide bonds. The Morgan fingerprint density at radius 2 is 1.81 bits per heavy atom. The molecule has 1 nitrogen and oxygen atoms in total. The minimum atomic E-state index is -4.40. The Morgan fingerprint density at radius 1 is 1.12 bits per heavy atom. The van der Waals surface area contributed by atoms with Gasteiger partial charge in [0.25, 0.3) is 0 Å². The molecule has 0 saturated heterocycles. The fraction of sp³-hybridized carbons (Fsp3) is 0.333. The first-order valence-corrected chi connectivity index (χ1v) is 4.76. The van der Waals surface area contributed by atoms with Crippen LogP contribution in [-0.4, -0.2) is 12.8 Å². The lowest BCUT2D eigenvalue weighted by Gasteiger charge is -2.01. The molecule has 1 rings (SSSR count). The van der Waals surface area contributed by atoms with E-state index in [4.69, 9.17) is 4.74 Å². The normalized spacial score (nSPS) is 10.7. The maximum absolute atomic E-state index is 11.6. The van der Waals surface area contributed by atoms with Gasteiger partial charge >= 0.3 is 6.18 Å². The van der Waals surface area contributed by atoms with E-state index in [0.717, 1.165) is 5.56 Å². The highest BCUT2D eigenvalue weighted by Gasteiger charge is 2.22. The van der Waals surface area contributed by atoms with Crippen LogP contribution in [0.25, 0.3) is 0 Å². The summed E-state index contributed by atoms with van der Waals surface area (Å²) in [7, 11) is 0. The van der Waals surface area contributed by atoms with Gasteiger partial charge in [0.15, 0.2) is 0 Å². The van der Waals surface area contributed by atoms with Gasteiger partial charge in [0.1, 0.15) is 0 Å². The van der Waals surface area contributed by atoms with E-state index in [9.17, 15) is 13.2 Å². The van der Waals surface area contributed by atoms with Crippen molar-refractivity contribution in [1.82, 2.24) is 0 Å². The Hall–Kier alpha value is -1.47. The van der Waals surface area contributed by atoms with Crippen molar-refractivity contribution < 1.29 is 17.9 Å². The molecule has 1 aromatic carbocycles. The quantitative estimate of drug-likeness (QED) is 0.568. The highest BCUT2D eigenvalue weighted by atomic mass is 19.4. The van der Waals surface area contributed by atoms with Crippen LogP contribution in [-0.2, 0) is 11.3 Å². The highest BCUT2D eigenvalue weighted by molar-refractivity contribution is 5.13. The fourth-order valence-corrected chi connectivity index (χ4v) is 1.05. The van der Waals surface area contributed by atoms with E-state index >= 15 is 0 Å². The van der Waals surface area contributed by atoms with Crippen LogP contribution >= 0.6 is 0 Å². The molecule has 1 aromatic rings. The van der Waals surface area contributed by atoms with Crippen LogP contribution < -0.4 is 0 Å². The van der Waals surface area contributed by atoms with E-state index in [1.165, 1.54) is 5.92 Å². The van der Waals surface area contributed by atoms with Gasteiger partial charge in [0.2, 0.25) is 0 Å². The Bertz CT molecular complexity index is 359. The summed E-state index contributed by atoms with van der Waals surface area (Å²) < 4.78 is 40.0. The predicted molar refractivity (Wildman–Crippen MR) is 54.5 cm³/mol. The number of ether oxygens (including phenoxy) is 1. The molecule has 0 saturated carbocycles. The zero-order valence-electron chi connectivity index (χ0n) is 8.55. The van der Waals surface area contributed by atoms with Crippen molar-refractivity contribution in [2.45, 2.75) is 19.2 Å². The van der Waals surface area contributed by atoms with Crippen molar-refractivity contribution in [3.63, 3.8) is 0 Å². The van der Waals surface area contributed by atoms with E-state index in [1.54, 1.807) is 0 Å². The first-order valence-electron chi connectivity index (χ1n) is 4.76. The minimum Gasteiger partial charge on any atom is -0.376 e. The molecule has 0 aliphatic rings. The average Bonchev–Trinajstić information content (AvgIpc) is 2.23. The molecular formula is C12H11F3O. The van der Waals surface area contributed by atoms with Crippen LogP contribution in [0.3, 0.4) is 0 Å².